The lowest BCUT2D eigenvalue weighted by Crippen LogP contribution is -2.57. The smallest absolute Gasteiger partial charge is 0.254 e. The van der Waals surface area contributed by atoms with Gasteiger partial charge in [-0.1, -0.05) is 6.07 Å². The van der Waals surface area contributed by atoms with Crippen LogP contribution >= 0.6 is 0 Å². The van der Waals surface area contributed by atoms with Crippen LogP contribution in [0.25, 0.3) is 11.3 Å². The van der Waals surface area contributed by atoms with Gasteiger partial charge in [-0.05, 0) is 48.9 Å². The summed E-state index contributed by atoms with van der Waals surface area (Å²) in [7, 11) is 1.84. The lowest BCUT2D eigenvalue weighted by molar-refractivity contribution is 0.0642. The molecule has 0 saturated carbocycles. The molecule has 162 valence electrons. The van der Waals surface area contributed by atoms with E-state index in [9.17, 15) is 4.79 Å². The van der Waals surface area contributed by atoms with E-state index in [-0.39, 0.29) is 11.9 Å². The molecule has 3 aromatic rings. The second-order valence-electron chi connectivity index (χ2n) is 8.18. The van der Waals surface area contributed by atoms with E-state index < -0.39 is 0 Å². The van der Waals surface area contributed by atoms with Crippen LogP contribution in [0.1, 0.15) is 28.4 Å². The molecule has 0 atom stereocenters. The quantitative estimate of drug-likeness (QED) is 0.519. The first kappa shape index (κ1) is 20.2. The third-order valence-electron chi connectivity index (χ3n) is 6.07. The number of anilines is 1. The number of hydrogen-bond donors (Lipinski definition) is 3. The zero-order valence-corrected chi connectivity index (χ0v) is 18.1. The molecule has 1 amide bonds. The number of amides is 1. The van der Waals surface area contributed by atoms with Crippen molar-refractivity contribution >= 4 is 17.3 Å². The predicted molar refractivity (Wildman–Crippen MR) is 125 cm³/mol. The molecule has 0 spiro atoms. The fourth-order valence-corrected chi connectivity index (χ4v) is 4.17. The Labute approximate surface area is 186 Å². The lowest BCUT2D eigenvalue weighted by atomic mass is 10.0. The number of aromatic nitrogens is 1. The monoisotopic (exact) mass is 427 g/mol. The lowest BCUT2D eigenvalue weighted by Gasteiger charge is -2.35. The first-order chi connectivity index (χ1) is 15.5. The van der Waals surface area contributed by atoms with Crippen molar-refractivity contribution in [1.29, 1.82) is 5.41 Å². The summed E-state index contributed by atoms with van der Waals surface area (Å²) in [5.41, 5.74) is 5.73. The molecular weight excluding hydrogens is 402 g/mol. The Bertz CT molecular complexity index is 1220. The molecule has 1 fully saturated rings. The Balaban J connectivity index is 1.39. The number of pyridine rings is 1. The summed E-state index contributed by atoms with van der Waals surface area (Å²) in [6, 6.07) is 15.6. The molecule has 0 unspecified atom stereocenters. The van der Waals surface area contributed by atoms with Gasteiger partial charge in [-0.3, -0.25) is 9.78 Å². The SMILES string of the molecule is CNc1ccc(Oc2ccnc(-c3ccc4c(c3)CN(C3CNC3)C4=O)c2)cc1C(C)=N. The third kappa shape index (κ3) is 3.61. The molecule has 0 aliphatic carbocycles. The molecule has 2 aromatic carbocycles. The van der Waals surface area contributed by atoms with Gasteiger partial charge in [0.2, 0.25) is 0 Å². The van der Waals surface area contributed by atoms with Gasteiger partial charge in [0, 0.05) is 67.0 Å². The number of nitrogens with zero attached hydrogens (tertiary/aromatic N) is 2. The van der Waals surface area contributed by atoms with E-state index >= 15 is 0 Å². The summed E-state index contributed by atoms with van der Waals surface area (Å²) in [5, 5.41) is 14.3. The maximum atomic E-state index is 12.7. The van der Waals surface area contributed by atoms with Crippen LogP contribution in [-0.2, 0) is 6.54 Å². The van der Waals surface area contributed by atoms with E-state index in [1.54, 1.807) is 13.1 Å². The molecule has 1 saturated heterocycles. The fraction of sp³-hybridized carbons (Fsp3) is 0.240. The summed E-state index contributed by atoms with van der Waals surface area (Å²) in [4.78, 5) is 19.2. The summed E-state index contributed by atoms with van der Waals surface area (Å²) >= 11 is 0. The van der Waals surface area contributed by atoms with E-state index in [4.69, 9.17) is 10.1 Å². The van der Waals surface area contributed by atoms with Gasteiger partial charge < -0.3 is 25.7 Å². The van der Waals surface area contributed by atoms with Crippen LogP contribution < -0.4 is 15.4 Å². The van der Waals surface area contributed by atoms with Gasteiger partial charge in [-0.25, -0.2) is 0 Å². The van der Waals surface area contributed by atoms with E-state index in [2.05, 4.69) is 21.7 Å². The maximum absolute atomic E-state index is 12.7. The molecule has 1 aromatic heterocycles. The molecule has 3 heterocycles. The number of fused-ring (bicyclic) bond motifs is 1. The van der Waals surface area contributed by atoms with Gasteiger partial charge in [0.15, 0.2) is 0 Å². The molecule has 0 bridgehead atoms. The van der Waals surface area contributed by atoms with Crippen molar-refractivity contribution in [1.82, 2.24) is 15.2 Å². The minimum atomic E-state index is 0.116. The Hall–Kier alpha value is -3.71. The van der Waals surface area contributed by atoms with Crippen molar-refractivity contribution in [2.45, 2.75) is 19.5 Å². The van der Waals surface area contributed by atoms with Gasteiger partial charge in [0.25, 0.3) is 5.91 Å². The van der Waals surface area contributed by atoms with Crippen molar-refractivity contribution < 1.29 is 9.53 Å². The summed E-state index contributed by atoms with van der Waals surface area (Å²) in [6.45, 7) is 4.13. The van der Waals surface area contributed by atoms with Crippen LogP contribution in [0.5, 0.6) is 11.5 Å². The molecular formula is C25H25N5O2. The Morgan fingerprint density at radius 3 is 2.69 bits per heavy atom. The van der Waals surface area contributed by atoms with Gasteiger partial charge in [-0.2, -0.15) is 0 Å². The van der Waals surface area contributed by atoms with Crippen LogP contribution in [0.2, 0.25) is 0 Å². The molecule has 3 N–H and O–H groups in total. The second kappa shape index (κ2) is 8.09. The highest BCUT2D eigenvalue weighted by atomic mass is 16.5. The van der Waals surface area contributed by atoms with Crippen molar-refractivity contribution in [3.8, 4) is 22.8 Å². The van der Waals surface area contributed by atoms with E-state index in [1.807, 2.05) is 54.4 Å². The van der Waals surface area contributed by atoms with E-state index in [0.717, 1.165) is 46.7 Å². The molecule has 0 radical (unpaired) electrons. The average molecular weight is 428 g/mol. The minimum Gasteiger partial charge on any atom is -0.457 e. The van der Waals surface area contributed by atoms with Crippen molar-refractivity contribution in [2.75, 3.05) is 25.5 Å². The number of nitrogens with one attached hydrogen (secondary N) is 3. The van der Waals surface area contributed by atoms with Gasteiger partial charge >= 0.3 is 0 Å². The van der Waals surface area contributed by atoms with E-state index in [1.165, 1.54) is 0 Å². The molecule has 32 heavy (non-hydrogen) atoms. The summed E-state index contributed by atoms with van der Waals surface area (Å²) in [6.07, 6.45) is 1.72. The zero-order valence-electron chi connectivity index (χ0n) is 18.1. The standard InChI is InChI=1S/C25H25N5O2/c1-15(26)22-10-19(4-6-23(22)27-2)32-20-7-8-29-24(11-20)16-3-5-21-17(9-16)14-30(25(21)31)18-12-28-13-18/h3-11,18,26-28H,12-14H2,1-2H3. The minimum absolute atomic E-state index is 0.116. The molecule has 5 rings (SSSR count). The van der Waals surface area contributed by atoms with Gasteiger partial charge in [0.05, 0.1) is 11.7 Å². The topological polar surface area (TPSA) is 90.3 Å². The normalized spacial score (nSPS) is 15.3. The molecule has 7 heteroatoms. The first-order valence-corrected chi connectivity index (χ1v) is 10.7. The maximum Gasteiger partial charge on any atom is 0.254 e. The fourth-order valence-electron chi connectivity index (χ4n) is 4.17. The zero-order chi connectivity index (χ0) is 22.2. The highest BCUT2D eigenvalue weighted by Crippen LogP contribution is 2.32. The number of rotatable bonds is 6. The largest absolute Gasteiger partial charge is 0.457 e. The number of hydrogen-bond acceptors (Lipinski definition) is 6. The number of ether oxygens (including phenoxy) is 1. The van der Waals surface area contributed by atoms with Crippen LogP contribution in [0.15, 0.2) is 54.7 Å². The van der Waals surface area contributed by atoms with Gasteiger partial charge in [-0.15, -0.1) is 0 Å². The average Bonchev–Trinajstić information content (AvgIpc) is 3.08. The highest BCUT2D eigenvalue weighted by molar-refractivity contribution is 6.01. The molecule has 2 aliphatic heterocycles. The highest BCUT2D eigenvalue weighted by Gasteiger charge is 2.35. The Kier molecular flexibility index (Phi) is 5.11. The van der Waals surface area contributed by atoms with Crippen molar-refractivity contribution in [2.24, 2.45) is 0 Å². The Morgan fingerprint density at radius 1 is 1.16 bits per heavy atom. The predicted octanol–water partition coefficient (Wildman–Crippen LogP) is 3.90. The van der Waals surface area contributed by atoms with Crippen molar-refractivity contribution in [3.05, 3.63) is 71.4 Å². The summed E-state index contributed by atoms with van der Waals surface area (Å²) < 4.78 is 6.08. The summed E-state index contributed by atoms with van der Waals surface area (Å²) in [5.74, 6) is 1.44. The van der Waals surface area contributed by atoms with Crippen molar-refractivity contribution in [3.63, 3.8) is 0 Å². The molecule has 7 nitrogen and oxygen atoms in total. The third-order valence-corrected chi connectivity index (χ3v) is 6.07. The molecule has 2 aliphatic rings. The van der Waals surface area contributed by atoms with Crippen LogP contribution in [0.3, 0.4) is 0 Å². The number of benzene rings is 2. The Morgan fingerprint density at radius 2 is 1.97 bits per heavy atom. The first-order valence-electron chi connectivity index (χ1n) is 10.7. The van der Waals surface area contributed by atoms with E-state index in [0.29, 0.717) is 23.8 Å². The van der Waals surface area contributed by atoms with Crippen LogP contribution in [0.4, 0.5) is 5.69 Å². The number of carbonyl (C=O) groups excluding carboxylic acids is 1. The second-order valence-corrected chi connectivity index (χ2v) is 8.18. The number of carbonyl (C=O) groups is 1. The van der Waals surface area contributed by atoms with Crippen LogP contribution in [0, 0.1) is 5.41 Å². The van der Waals surface area contributed by atoms with Gasteiger partial charge in [0.1, 0.15) is 11.5 Å². The van der Waals surface area contributed by atoms with Crippen LogP contribution in [-0.4, -0.2) is 47.7 Å².